The van der Waals surface area contributed by atoms with Crippen molar-refractivity contribution in [3.63, 3.8) is 0 Å². The molecular weight excluding hydrogens is 243 g/mol. The van der Waals surface area contributed by atoms with Crippen molar-refractivity contribution in [2.75, 3.05) is 0 Å². The van der Waals surface area contributed by atoms with E-state index < -0.39 is 0 Å². The van der Waals surface area contributed by atoms with Gasteiger partial charge in [-0.15, -0.1) is 0 Å². The molecule has 1 fully saturated rings. The normalized spacial score (nSPS) is 29.6. The molecule has 0 heterocycles. The Bertz CT molecular complexity index is 392. The summed E-state index contributed by atoms with van der Waals surface area (Å²) in [5.41, 5.74) is 1.40. The van der Waals surface area contributed by atoms with Gasteiger partial charge in [-0.3, -0.25) is 0 Å². The summed E-state index contributed by atoms with van der Waals surface area (Å²) in [6.07, 6.45) is 3.70. The zero-order valence-electron chi connectivity index (χ0n) is 9.34. The predicted molar refractivity (Wildman–Crippen MR) is 68.1 cm³/mol. The molecule has 1 aromatic carbocycles. The maximum atomic E-state index is 9.59. The highest BCUT2D eigenvalue weighted by Gasteiger charge is 2.34. The molecule has 2 atom stereocenters. The van der Waals surface area contributed by atoms with E-state index in [0.29, 0.717) is 10.0 Å². The number of hydrogen-bond acceptors (Lipinski definition) is 1. The summed E-state index contributed by atoms with van der Waals surface area (Å²) < 4.78 is 0. The topological polar surface area (TPSA) is 20.2 Å². The van der Waals surface area contributed by atoms with Gasteiger partial charge in [0.25, 0.3) is 0 Å². The van der Waals surface area contributed by atoms with Gasteiger partial charge in [0.05, 0.1) is 16.1 Å². The quantitative estimate of drug-likeness (QED) is 0.848. The Labute approximate surface area is 106 Å². The summed E-state index contributed by atoms with van der Waals surface area (Å²) >= 11 is 11.9. The molecule has 1 aliphatic rings. The summed E-state index contributed by atoms with van der Waals surface area (Å²) in [7, 11) is 0. The number of aliphatic hydroxyl groups excluding tert-OH is 1. The molecule has 16 heavy (non-hydrogen) atoms. The van der Waals surface area contributed by atoms with Crippen molar-refractivity contribution in [3.8, 4) is 0 Å². The van der Waals surface area contributed by atoms with E-state index in [1.165, 1.54) is 5.56 Å². The van der Waals surface area contributed by atoms with Gasteiger partial charge in [-0.2, -0.15) is 0 Å². The van der Waals surface area contributed by atoms with E-state index in [1.807, 2.05) is 18.2 Å². The van der Waals surface area contributed by atoms with Crippen LogP contribution in [0.15, 0.2) is 18.2 Å². The Morgan fingerprint density at radius 1 is 1.38 bits per heavy atom. The molecule has 1 aromatic rings. The average Bonchev–Trinajstić information content (AvgIpc) is 2.52. The fourth-order valence-electron chi connectivity index (χ4n) is 2.59. The first-order valence-corrected chi connectivity index (χ1v) is 6.36. The highest BCUT2D eigenvalue weighted by Crippen LogP contribution is 2.41. The van der Waals surface area contributed by atoms with Gasteiger partial charge in [0, 0.05) is 0 Å². The minimum Gasteiger partial charge on any atom is -0.393 e. The van der Waals surface area contributed by atoms with Gasteiger partial charge in [0.1, 0.15) is 0 Å². The summed E-state index contributed by atoms with van der Waals surface area (Å²) in [5.74, 6) is 0. The number of rotatable bonds is 2. The van der Waals surface area contributed by atoms with Crippen LogP contribution in [0.4, 0.5) is 0 Å². The van der Waals surface area contributed by atoms with Gasteiger partial charge in [-0.1, -0.05) is 36.2 Å². The molecule has 1 aliphatic carbocycles. The van der Waals surface area contributed by atoms with Crippen LogP contribution in [0.5, 0.6) is 0 Å². The third kappa shape index (κ3) is 2.71. The monoisotopic (exact) mass is 258 g/mol. The lowest BCUT2D eigenvalue weighted by Gasteiger charge is -2.23. The van der Waals surface area contributed by atoms with Gasteiger partial charge >= 0.3 is 0 Å². The van der Waals surface area contributed by atoms with Crippen LogP contribution in [0.2, 0.25) is 10.0 Å². The molecule has 3 heteroatoms. The van der Waals surface area contributed by atoms with Gasteiger partial charge < -0.3 is 5.11 Å². The summed E-state index contributed by atoms with van der Waals surface area (Å²) in [6, 6.07) is 5.79. The molecule has 0 amide bonds. The molecule has 1 saturated carbocycles. The van der Waals surface area contributed by atoms with E-state index in [1.54, 1.807) is 0 Å². The van der Waals surface area contributed by atoms with Crippen molar-refractivity contribution in [1.29, 1.82) is 0 Å². The Balaban J connectivity index is 2.12. The fourth-order valence-corrected chi connectivity index (χ4v) is 2.91. The van der Waals surface area contributed by atoms with Crippen LogP contribution in [-0.4, -0.2) is 11.2 Å². The van der Waals surface area contributed by atoms with Crippen LogP contribution in [0, 0.1) is 5.41 Å². The second-order valence-electron chi connectivity index (χ2n) is 5.13. The van der Waals surface area contributed by atoms with Crippen LogP contribution >= 0.6 is 23.2 Å². The van der Waals surface area contributed by atoms with Crippen molar-refractivity contribution in [1.82, 2.24) is 0 Å². The molecule has 2 rings (SSSR count). The SMILES string of the molecule is CC1(Cc2ccc(Cl)c(Cl)c2)CCC(O)C1. The number of hydrogen-bond donors (Lipinski definition) is 1. The van der Waals surface area contributed by atoms with Crippen molar-refractivity contribution < 1.29 is 5.11 Å². The highest BCUT2D eigenvalue weighted by atomic mass is 35.5. The first-order chi connectivity index (χ1) is 7.48. The summed E-state index contributed by atoms with van der Waals surface area (Å²) in [5, 5.41) is 10.8. The minimum atomic E-state index is -0.132. The molecule has 0 aliphatic heterocycles. The zero-order chi connectivity index (χ0) is 11.8. The van der Waals surface area contributed by atoms with E-state index >= 15 is 0 Å². The van der Waals surface area contributed by atoms with Gasteiger partial charge in [-0.25, -0.2) is 0 Å². The van der Waals surface area contributed by atoms with Crippen LogP contribution < -0.4 is 0 Å². The smallest absolute Gasteiger partial charge is 0.0595 e. The first kappa shape index (κ1) is 12.2. The number of aliphatic hydroxyl groups is 1. The van der Waals surface area contributed by atoms with Crippen LogP contribution in [0.3, 0.4) is 0 Å². The Morgan fingerprint density at radius 2 is 2.12 bits per heavy atom. The number of halogens is 2. The maximum absolute atomic E-state index is 9.59. The van der Waals surface area contributed by atoms with Crippen molar-refractivity contribution in [2.24, 2.45) is 5.41 Å². The van der Waals surface area contributed by atoms with Crippen molar-refractivity contribution >= 4 is 23.2 Å². The molecule has 0 bridgehead atoms. The standard InChI is InChI=1S/C13H16Cl2O/c1-13(5-4-10(16)8-13)7-9-2-3-11(14)12(15)6-9/h2-3,6,10,16H,4-5,7-8H2,1H3. The molecule has 0 aromatic heterocycles. The molecule has 1 N–H and O–H groups in total. The highest BCUT2D eigenvalue weighted by molar-refractivity contribution is 6.42. The van der Waals surface area contributed by atoms with E-state index in [0.717, 1.165) is 25.7 Å². The third-order valence-electron chi connectivity index (χ3n) is 3.42. The van der Waals surface area contributed by atoms with E-state index in [-0.39, 0.29) is 11.5 Å². The van der Waals surface area contributed by atoms with Crippen LogP contribution in [0.25, 0.3) is 0 Å². The molecule has 0 radical (unpaired) electrons. The molecule has 0 saturated heterocycles. The van der Waals surface area contributed by atoms with Crippen molar-refractivity contribution in [2.45, 2.75) is 38.7 Å². The zero-order valence-corrected chi connectivity index (χ0v) is 10.9. The lowest BCUT2D eigenvalue weighted by molar-refractivity contribution is 0.163. The molecule has 2 unspecified atom stereocenters. The second-order valence-corrected chi connectivity index (χ2v) is 5.95. The molecule has 88 valence electrons. The average molecular weight is 259 g/mol. The Hall–Kier alpha value is -0.240. The first-order valence-electron chi connectivity index (χ1n) is 5.60. The minimum absolute atomic E-state index is 0.132. The maximum Gasteiger partial charge on any atom is 0.0595 e. The third-order valence-corrected chi connectivity index (χ3v) is 4.16. The van der Waals surface area contributed by atoms with E-state index in [9.17, 15) is 5.11 Å². The van der Waals surface area contributed by atoms with Gasteiger partial charge in [0.15, 0.2) is 0 Å². The molecular formula is C13H16Cl2O. The van der Waals surface area contributed by atoms with Gasteiger partial charge in [-0.05, 0) is 48.8 Å². The van der Waals surface area contributed by atoms with Crippen molar-refractivity contribution in [3.05, 3.63) is 33.8 Å². The Morgan fingerprint density at radius 3 is 2.69 bits per heavy atom. The van der Waals surface area contributed by atoms with Crippen LogP contribution in [0.1, 0.15) is 31.7 Å². The van der Waals surface area contributed by atoms with Gasteiger partial charge in [0.2, 0.25) is 0 Å². The lowest BCUT2D eigenvalue weighted by atomic mass is 9.82. The summed E-state index contributed by atoms with van der Waals surface area (Å²) in [6.45, 7) is 2.23. The lowest BCUT2D eigenvalue weighted by Crippen LogP contribution is -2.16. The van der Waals surface area contributed by atoms with E-state index in [4.69, 9.17) is 23.2 Å². The molecule has 1 nitrogen and oxygen atoms in total. The summed E-state index contributed by atoms with van der Waals surface area (Å²) in [4.78, 5) is 0. The van der Waals surface area contributed by atoms with Crippen LogP contribution in [-0.2, 0) is 6.42 Å². The number of benzene rings is 1. The second kappa shape index (κ2) is 4.56. The Kier molecular flexibility index (Phi) is 3.48. The fraction of sp³-hybridized carbons (Fsp3) is 0.538. The largest absolute Gasteiger partial charge is 0.393 e. The predicted octanol–water partition coefficient (Wildman–Crippen LogP) is 4.09. The van der Waals surface area contributed by atoms with E-state index in [2.05, 4.69) is 6.92 Å². The molecule has 0 spiro atoms.